The van der Waals surface area contributed by atoms with Gasteiger partial charge in [-0.25, -0.2) is 0 Å². The average Bonchev–Trinajstić information content (AvgIpc) is 2.84. The third-order valence-electron chi connectivity index (χ3n) is 5.43. The van der Waals surface area contributed by atoms with E-state index in [1.165, 1.54) is 0 Å². The van der Waals surface area contributed by atoms with Crippen LogP contribution in [0.15, 0.2) is 66.7 Å². The van der Waals surface area contributed by atoms with E-state index >= 15 is 0 Å². The van der Waals surface area contributed by atoms with Gasteiger partial charge < -0.3 is 24.4 Å². The number of nitrogens with one attached hydrogen (secondary N) is 1. The molecule has 0 radical (unpaired) electrons. The number of anilines is 2. The number of nitrogens with zero attached hydrogens (tertiary/aromatic N) is 1. The summed E-state index contributed by atoms with van der Waals surface area (Å²) in [5.41, 5.74) is 3.30. The van der Waals surface area contributed by atoms with Gasteiger partial charge >= 0.3 is 0 Å². The molecular formula is C27H28N2O5. The van der Waals surface area contributed by atoms with E-state index in [4.69, 9.17) is 14.2 Å². The van der Waals surface area contributed by atoms with Crippen molar-refractivity contribution in [2.75, 3.05) is 36.6 Å². The van der Waals surface area contributed by atoms with Crippen LogP contribution in [0, 0.1) is 13.8 Å². The monoisotopic (exact) mass is 460 g/mol. The number of benzene rings is 3. The highest BCUT2D eigenvalue weighted by Gasteiger charge is 2.25. The molecule has 0 spiro atoms. The maximum atomic E-state index is 12.4. The molecule has 0 aliphatic carbocycles. The molecule has 1 heterocycles. The van der Waals surface area contributed by atoms with Crippen molar-refractivity contribution in [2.45, 2.75) is 20.3 Å². The van der Waals surface area contributed by atoms with Gasteiger partial charge in [-0.15, -0.1) is 0 Å². The zero-order valence-electron chi connectivity index (χ0n) is 19.4. The molecule has 4 rings (SSSR count). The first-order valence-electron chi connectivity index (χ1n) is 11.2. The van der Waals surface area contributed by atoms with Crippen molar-refractivity contribution in [3.8, 4) is 17.2 Å². The Morgan fingerprint density at radius 3 is 2.68 bits per heavy atom. The van der Waals surface area contributed by atoms with Crippen molar-refractivity contribution < 1.29 is 23.8 Å². The van der Waals surface area contributed by atoms with Gasteiger partial charge in [-0.05, 0) is 61.7 Å². The molecule has 34 heavy (non-hydrogen) atoms. The summed E-state index contributed by atoms with van der Waals surface area (Å²) >= 11 is 0. The standard InChI is InChI=1S/C27H28N2O5/c1-19-9-10-20(2)24(15-19)33-17-26(30)28-21-11-12-23-25(16-21)34-18-27(31)29(23)13-6-14-32-22-7-4-3-5-8-22/h3-5,7-12,15-16H,6,13-14,17-18H2,1-2H3,(H,28,30). The van der Waals surface area contributed by atoms with Crippen LogP contribution in [0.25, 0.3) is 0 Å². The van der Waals surface area contributed by atoms with Crippen LogP contribution < -0.4 is 24.4 Å². The largest absolute Gasteiger partial charge is 0.494 e. The Hall–Kier alpha value is -4.00. The van der Waals surface area contributed by atoms with E-state index in [1.54, 1.807) is 23.1 Å². The van der Waals surface area contributed by atoms with Gasteiger partial charge in [-0.3, -0.25) is 9.59 Å². The topological polar surface area (TPSA) is 77.1 Å². The maximum absolute atomic E-state index is 12.4. The zero-order chi connectivity index (χ0) is 23.9. The third kappa shape index (κ3) is 5.86. The molecule has 3 aromatic carbocycles. The first-order chi connectivity index (χ1) is 16.5. The highest BCUT2D eigenvalue weighted by Crippen LogP contribution is 2.34. The van der Waals surface area contributed by atoms with E-state index in [-0.39, 0.29) is 25.0 Å². The van der Waals surface area contributed by atoms with Gasteiger partial charge in [0.1, 0.15) is 17.2 Å². The van der Waals surface area contributed by atoms with Crippen molar-refractivity contribution >= 4 is 23.2 Å². The molecule has 3 aromatic rings. The van der Waals surface area contributed by atoms with Crippen LogP contribution in [0.4, 0.5) is 11.4 Å². The molecule has 0 atom stereocenters. The SMILES string of the molecule is Cc1ccc(C)c(OCC(=O)Nc2ccc3c(c2)OCC(=O)N3CCCOc2ccccc2)c1. The fraction of sp³-hybridized carbons (Fsp3) is 0.259. The number of para-hydroxylation sites is 1. The predicted molar refractivity (Wildman–Crippen MR) is 131 cm³/mol. The quantitative estimate of drug-likeness (QED) is 0.475. The summed E-state index contributed by atoms with van der Waals surface area (Å²) in [4.78, 5) is 26.5. The molecule has 176 valence electrons. The van der Waals surface area contributed by atoms with Crippen molar-refractivity contribution in [1.29, 1.82) is 0 Å². The summed E-state index contributed by atoms with van der Waals surface area (Å²) < 4.78 is 17.0. The second-order valence-electron chi connectivity index (χ2n) is 8.14. The number of aryl methyl sites for hydroxylation is 2. The Labute approximate surface area is 199 Å². The van der Waals surface area contributed by atoms with Crippen LogP contribution in [-0.4, -0.2) is 38.2 Å². The number of hydrogen-bond donors (Lipinski definition) is 1. The van der Waals surface area contributed by atoms with Gasteiger partial charge in [0.15, 0.2) is 13.2 Å². The van der Waals surface area contributed by atoms with Crippen molar-refractivity contribution in [2.24, 2.45) is 0 Å². The van der Waals surface area contributed by atoms with Crippen LogP contribution in [0.1, 0.15) is 17.5 Å². The smallest absolute Gasteiger partial charge is 0.265 e. The Bertz CT molecular complexity index is 1160. The van der Waals surface area contributed by atoms with E-state index < -0.39 is 0 Å². The molecule has 0 fully saturated rings. The lowest BCUT2D eigenvalue weighted by molar-refractivity contribution is -0.121. The molecule has 7 heteroatoms. The lowest BCUT2D eigenvalue weighted by Crippen LogP contribution is -2.39. The minimum atomic E-state index is -0.275. The Balaban J connectivity index is 1.32. The first kappa shape index (κ1) is 23.2. The molecule has 0 unspecified atom stereocenters. The summed E-state index contributed by atoms with van der Waals surface area (Å²) in [6.45, 7) is 4.78. The Morgan fingerprint density at radius 1 is 1.03 bits per heavy atom. The lowest BCUT2D eigenvalue weighted by atomic mass is 10.1. The molecule has 0 saturated heterocycles. The normalized spacial score (nSPS) is 12.5. The minimum absolute atomic E-state index is 0.0420. The van der Waals surface area contributed by atoms with Crippen LogP contribution in [0.2, 0.25) is 0 Å². The van der Waals surface area contributed by atoms with Gasteiger partial charge in [0, 0.05) is 18.3 Å². The number of amides is 2. The summed E-state index contributed by atoms with van der Waals surface area (Å²) in [7, 11) is 0. The minimum Gasteiger partial charge on any atom is -0.494 e. The van der Waals surface area contributed by atoms with E-state index in [0.29, 0.717) is 42.4 Å². The molecular weight excluding hydrogens is 432 g/mol. The summed E-state index contributed by atoms with van der Waals surface area (Å²) in [6.07, 6.45) is 0.675. The van der Waals surface area contributed by atoms with Gasteiger partial charge in [0.2, 0.25) is 0 Å². The van der Waals surface area contributed by atoms with Gasteiger partial charge in [-0.1, -0.05) is 30.3 Å². The third-order valence-corrected chi connectivity index (χ3v) is 5.43. The van der Waals surface area contributed by atoms with E-state index in [9.17, 15) is 9.59 Å². The first-order valence-corrected chi connectivity index (χ1v) is 11.2. The fourth-order valence-electron chi connectivity index (χ4n) is 3.66. The van der Waals surface area contributed by atoms with Crippen LogP contribution in [0.5, 0.6) is 17.2 Å². The second kappa shape index (κ2) is 10.7. The lowest BCUT2D eigenvalue weighted by Gasteiger charge is -2.29. The number of carbonyl (C=O) groups is 2. The number of carbonyl (C=O) groups excluding carboxylic acids is 2. The van der Waals surface area contributed by atoms with Crippen LogP contribution >= 0.6 is 0 Å². The average molecular weight is 461 g/mol. The number of ether oxygens (including phenoxy) is 3. The zero-order valence-corrected chi connectivity index (χ0v) is 19.4. The number of fused-ring (bicyclic) bond motifs is 1. The second-order valence-corrected chi connectivity index (χ2v) is 8.14. The molecule has 0 saturated carbocycles. The Kier molecular flexibility index (Phi) is 7.32. The van der Waals surface area contributed by atoms with Crippen molar-refractivity contribution in [3.05, 3.63) is 77.9 Å². The molecule has 7 nitrogen and oxygen atoms in total. The highest BCUT2D eigenvalue weighted by molar-refractivity contribution is 5.99. The van der Waals surface area contributed by atoms with E-state index in [1.807, 2.05) is 62.4 Å². The highest BCUT2D eigenvalue weighted by atomic mass is 16.5. The van der Waals surface area contributed by atoms with E-state index in [0.717, 1.165) is 16.9 Å². The summed E-state index contributed by atoms with van der Waals surface area (Å²) in [5, 5.41) is 2.83. The van der Waals surface area contributed by atoms with Crippen molar-refractivity contribution in [3.63, 3.8) is 0 Å². The predicted octanol–water partition coefficient (Wildman–Crippen LogP) is 4.52. The van der Waals surface area contributed by atoms with Gasteiger partial charge in [0.25, 0.3) is 11.8 Å². The molecule has 1 aliphatic heterocycles. The summed E-state index contributed by atoms with van der Waals surface area (Å²) in [5.74, 6) is 1.66. The van der Waals surface area contributed by atoms with Crippen LogP contribution in [0.3, 0.4) is 0 Å². The molecule has 1 N–H and O–H groups in total. The molecule has 0 bridgehead atoms. The molecule has 1 aliphatic rings. The number of rotatable bonds is 9. The molecule has 0 aromatic heterocycles. The van der Waals surface area contributed by atoms with Gasteiger partial charge in [0.05, 0.1) is 12.3 Å². The Morgan fingerprint density at radius 2 is 1.85 bits per heavy atom. The van der Waals surface area contributed by atoms with E-state index in [2.05, 4.69) is 5.32 Å². The number of hydrogen-bond acceptors (Lipinski definition) is 5. The maximum Gasteiger partial charge on any atom is 0.265 e. The van der Waals surface area contributed by atoms with Crippen LogP contribution in [-0.2, 0) is 9.59 Å². The fourth-order valence-corrected chi connectivity index (χ4v) is 3.66. The summed E-state index contributed by atoms with van der Waals surface area (Å²) in [6, 6.07) is 20.7. The van der Waals surface area contributed by atoms with Gasteiger partial charge in [-0.2, -0.15) is 0 Å². The molecule has 2 amide bonds. The van der Waals surface area contributed by atoms with Crippen molar-refractivity contribution in [1.82, 2.24) is 0 Å².